The second-order valence-corrected chi connectivity index (χ2v) is 22.1. The fourth-order valence-electron chi connectivity index (χ4n) is 10.4. The summed E-state index contributed by atoms with van der Waals surface area (Å²) in [4.78, 5) is 160. The smallest absolute Gasteiger partial charge is 0.549 e. The molecule has 4 aromatic rings. The van der Waals surface area contributed by atoms with E-state index in [1.807, 2.05) is 36.4 Å². The van der Waals surface area contributed by atoms with Gasteiger partial charge in [-0.05, 0) is 33.7 Å². The number of benzene rings is 4. The van der Waals surface area contributed by atoms with Gasteiger partial charge in [0.15, 0.2) is 13.2 Å². The standard InChI is InChI=1S/C60H80N14O20.2Gd/c75-47(29-61-49(77)31-67-13-17-69(33-53(81)82)21-25-73(37-57(89)90)26-22-70(18-14-67)34-54(83)84)63-65-51(79)39-93-45-11-9-41-5-1-3-7-43(41)59(45)60-44-8-4-2-6-42(44)10-12-46(60)94-40-52(80)66-64-48(76)30-62-50(78)32-68-15-19-71(35-55(85)86)23-27-74(38-58(91)92)28-24-72(20-16-68)36-56(87)88;;/h1-12H,13-40H2,(H,61,77)(H,62,78)(H,63,75)(H,64,76)(H,65,79)(H,66,80)(H,81,82)(H,83,84)(H,85,86)(H,87,88)(H,89,90)(H,91,92);;/q;2*+3/p-6. The Morgan fingerprint density at radius 1 is 0.302 bits per heavy atom. The van der Waals surface area contributed by atoms with Crippen LogP contribution < -0.4 is 72.4 Å². The first-order valence-electron chi connectivity index (χ1n) is 29.9. The van der Waals surface area contributed by atoms with Gasteiger partial charge >= 0.3 is 79.9 Å². The first-order chi connectivity index (χ1) is 45.0. The van der Waals surface area contributed by atoms with Crippen molar-refractivity contribution >= 4 is 92.8 Å². The van der Waals surface area contributed by atoms with Crippen molar-refractivity contribution < 1.29 is 178 Å². The summed E-state index contributed by atoms with van der Waals surface area (Å²) in [5, 5.41) is 76.8. The van der Waals surface area contributed by atoms with Gasteiger partial charge in [0, 0.05) is 155 Å². The largest absolute Gasteiger partial charge is 3.00 e. The summed E-state index contributed by atoms with van der Waals surface area (Å²) in [5.41, 5.74) is 9.82. The van der Waals surface area contributed by atoms with Crippen LogP contribution in [0.3, 0.4) is 0 Å². The Morgan fingerprint density at radius 3 is 0.781 bits per heavy atom. The average molecular weight is 1630 g/mol. The predicted molar refractivity (Wildman–Crippen MR) is 318 cm³/mol. The minimum atomic E-state index is -1.38. The van der Waals surface area contributed by atoms with Crippen LogP contribution in [0.1, 0.15) is 0 Å². The number of nitrogens with zero attached hydrogens (tertiary/aromatic N) is 8. The van der Waals surface area contributed by atoms with Gasteiger partial charge in [-0.3, -0.25) is 89.7 Å². The van der Waals surface area contributed by atoms with Crippen molar-refractivity contribution in [2.45, 2.75) is 0 Å². The van der Waals surface area contributed by atoms with Gasteiger partial charge in [-0.2, -0.15) is 0 Å². The minimum Gasteiger partial charge on any atom is -0.549 e. The fraction of sp³-hybridized carbons (Fsp3) is 0.467. The summed E-state index contributed by atoms with van der Waals surface area (Å²) < 4.78 is 12.3. The third kappa shape index (κ3) is 29.8. The number of carboxylic acid groups (broad SMARTS) is 6. The third-order valence-electron chi connectivity index (χ3n) is 15.0. The summed E-state index contributed by atoms with van der Waals surface area (Å²) in [6, 6.07) is 21.3. The molecule has 6 amide bonds. The van der Waals surface area contributed by atoms with E-state index in [-0.39, 0.29) is 209 Å². The fourth-order valence-corrected chi connectivity index (χ4v) is 10.4. The van der Waals surface area contributed by atoms with E-state index in [1.54, 1.807) is 46.2 Å². The molecule has 4 aromatic carbocycles. The Morgan fingerprint density at radius 2 is 0.531 bits per heavy atom. The number of hydrogen-bond acceptors (Lipinski definition) is 28. The molecule has 2 saturated heterocycles. The SMILES string of the molecule is O=C([O-])CN1CCN(CC(=O)[O-])CCN(CC(=O)NCC(=O)NNC(=O)COc2ccc3ccccc3c2-c2c(OCC(=O)NNC(=O)CNC(=O)CN3CCN(CC(=O)[O-])CCN(CC(=O)[O-])CCN(CC(=O)[O-])CC3)ccc3ccccc23)CCN(CC(=O)[O-])CC1.[Gd+3].[Gd+3]. The molecule has 0 aliphatic carbocycles. The van der Waals surface area contributed by atoms with Gasteiger partial charge < -0.3 is 79.5 Å². The van der Waals surface area contributed by atoms with Crippen molar-refractivity contribution in [3.8, 4) is 22.6 Å². The quantitative estimate of drug-likeness (QED) is 0.0302. The summed E-state index contributed by atoms with van der Waals surface area (Å²) in [6.45, 7) is -4.43. The molecule has 0 spiro atoms. The maximum atomic E-state index is 13.3. The van der Waals surface area contributed by atoms with E-state index in [4.69, 9.17) is 9.47 Å². The number of amides is 6. The molecule has 0 unspecified atom stereocenters. The molecule has 0 atom stereocenters. The average Bonchev–Trinajstić information content (AvgIpc) is 0.757. The number of ether oxygens (including phenoxy) is 2. The van der Waals surface area contributed by atoms with Crippen molar-refractivity contribution in [3.05, 3.63) is 72.8 Å². The van der Waals surface area contributed by atoms with Gasteiger partial charge in [0.1, 0.15) is 11.5 Å². The van der Waals surface area contributed by atoms with E-state index in [9.17, 15) is 88.2 Å². The van der Waals surface area contributed by atoms with E-state index in [2.05, 4.69) is 32.3 Å². The van der Waals surface area contributed by atoms with Crippen LogP contribution in [-0.2, 0) is 57.5 Å². The molecule has 0 aromatic heterocycles. The van der Waals surface area contributed by atoms with Crippen molar-refractivity contribution in [1.29, 1.82) is 0 Å². The van der Waals surface area contributed by atoms with Crippen molar-refractivity contribution in [3.63, 3.8) is 0 Å². The summed E-state index contributed by atoms with van der Waals surface area (Å²) in [6.07, 6.45) is 0. The number of fused-ring (bicyclic) bond motifs is 2. The number of aliphatic carboxylic acids is 6. The number of carbonyl (C=O) groups is 12. The van der Waals surface area contributed by atoms with E-state index < -0.39 is 137 Å². The first-order valence-corrected chi connectivity index (χ1v) is 29.9. The zero-order valence-corrected chi connectivity index (χ0v) is 56.7. The number of carbonyl (C=O) groups excluding carboxylic acids is 12. The Hall–Kier alpha value is -7.03. The van der Waals surface area contributed by atoms with Crippen LogP contribution in [0.15, 0.2) is 72.8 Å². The van der Waals surface area contributed by atoms with Gasteiger partial charge in [0.2, 0.25) is 11.8 Å². The molecule has 34 nitrogen and oxygen atoms in total. The molecule has 2 heterocycles. The van der Waals surface area contributed by atoms with Crippen LogP contribution in [0.4, 0.5) is 0 Å². The second kappa shape index (κ2) is 42.6. The zero-order chi connectivity index (χ0) is 68.1. The zero-order valence-electron chi connectivity index (χ0n) is 52.2. The van der Waals surface area contributed by atoms with Crippen molar-refractivity contribution in [1.82, 2.24) is 71.5 Å². The maximum absolute atomic E-state index is 13.3. The molecule has 2 aliphatic heterocycles. The Bertz CT molecular complexity index is 3080. The van der Waals surface area contributed by atoms with E-state index in [0.717, 1.165) is 10.8 Å². The monoisotopic (exact) mass is 1630 g/mol. The number of rotatable bonds is 27. The molecule has 520 valence electrons. The van der Waals surface area contributed by atoms with E-state index >= 15 is 0 Å². The van der Waals surface area contributed by atoms with Crippen LogP contribution in [0.2, 0.25) is 0 Å². The molecule has 6 rings (SSSR count). The molecule has 2 fully saturated rings. The molecular weight excluding hydrogens is 1550 g/mol. The number of carboxylic acids is 6. The van der Waals surface area contributed by atoms with Gasteiger partial charge in [-0.25, -0.2) is 0 Å². The first kappa shape index (κ1) is 81.4. The normalized spacial score (nSPS) is 15.8. The van der Waals surface area contributed by atoms with Crippen LogP contribution in [-0.4, -0.2) is 294 Å². The van der Waals surface area contributed by atoms with Crippen LogP contribution in [0.5, 0.6) is 11.5 Å². The third-order valence-corrected chi connectivity index (χ3v) is 15.0. The van der Waals surface area contributed by atoms with Crippen molar-refractivity contribution in [2.24, 2.45) is 0 Å². The molecule has 6 N–H and O–H groups in total. The molecular formula is C60H74Gd2N14O20. The van der Waals surface area contributed by atoms with Gasteiger partial charge in [0.25, 0.3) is 23.6 Å². The Kier molecular flexibility index (Phi) is 36.1. The van der Waals surface area contributed by atoms with Gasteiger partial charge in [-0.15, -0.1) is 0 Å². The number of hydrazine groups is 2. The minimum absolute atomic E-state index is 0. The topological polar surface area (TPSA) is 460 Å². The van der Waals surface area contributed by atoms with Crippen molar-refractivity contribution in [2.75, 3.05) is 183 Å². The summed E-state index contributed by atoms with van der Waals surface area (Å²) >= 11 is 0. The number of hydrogen-bond donors (Lipinski definition) is 6. The molecule has 2 radical (unpaired) electrons. The van der Waals surface area contributed by atoms with Crippen LogP contribution in [0, 0.1) is 79.9 Å². The predicted octanol–water partition coefficient (Wildman–Crippen LogP) is -12.1. The Balaban J connectivity index is 0.00000980. The molecule has 0 saturated carbocycles. The summed E-state index contributed by atoms with van der Waals surface area (Å²) in [7, 11) is 0. The molecule has 2 aliphatic rings. The second-order valence-electron chi connectivity index (χ2n) is 22.1. The summed E-state index contributed by atoms with van der Waals surface area (Å²) in [5.74, 6) is -12.5. The van der Waals surface area contributed by atoms with Crippen LogP contribution in [0.25, 0.3) is 32.7 Å². The van der Waals surface area contributed by atoms with E-state index in [1.165, 1.54) is 29.4 Å². The number of nitrogens with one attached hydrogen (secondary N) is 6. The molecule has 96 heavy (non-hydrogen) atoms. The van der Waals surface area contributed by atoms with Gasteiger partial charge in [-0.1, -0.05) is 60.7 Å². The molecule has 0 bridgehead atoms. The van der Waals surface area contributed by atoms with E-state index in [0.29, 0.717) is 21.9 Å². The Labute approximate surface area is 615 Å². The molecule has 36 heteroatoms. The van der Waals surface area contributed by atoms with Crippen LogP contribution >= 0.6 is 0 Å². The van der Waals surface area contributed by atoms with Gasteiger partial charge in [0.05, 0.1) is 62.0 Å². The maximum Gasteiger partial charge on any atom is 3.00 e.